The SMILES string of the molecule is N[N+]1(N)C=NCC1. The van der Waals surface area contributed by atoms with Crippen molar-refractivity contribution in [2.24, 2.45) is 16.7 Å². The Morgan fingerprint density at radius 3 is 2.43 bits per heavy atom. The van der Waals surface area contributed by atoms with Gasteiger partial charge in [0.2, 0.25) is 6.34 Å². The van der Waals surface area contributed by atoms with Crippen LogP contribution in [0.25, 0.3) is 0 Å². The highest BCUT2D eigenvalue weighted by Gasteiger charge is 2.18. The van der Waals surface area contributed by atoms with Crippen LogP contribution < -0.4 is 11.7 Å². The van der Waals surface area contributed by atoms with Crippen LogP contribution in [0.3, 0.4) is 0 Å². The largest absolute Gasteiger partial charge is 0.232 e. The zero-order chi connectivity index (χ0) is 5.33. The Bertz CT molecular complexity index is 95.1. The van der Waals surface area contributed by atoms with Crippen molar-refractivity contribution in [3.8, 4) is 0 Å². The number of quaternary nitrogens is 1. The van der Waals surface area contributed by atoms with Gasteiger partial charge in [0, 0.05) is 0 Å². The van der Waals surface area contributed by atoms with Crippen LogP contribution in [0.1, 0.15) is 0 Å². The van der Waals surface area contributed by atoms with Gasteiger partial charge in [-0.15, -0.1) is 4.70 Å². The van der Waals surface area contributed by atoms with E-state index in [0.717, 1.165) is 13.1 Å². The minimum Gasteiger partial charge on any atom is -0.232 e. The van der Waals surface area contributed by atoms with E-state index in [2.05, 4.69) is 4.99 Å². The van der Waals surface area contributed by atoms with Gasteiger partial charge in [0.1, 0.15) is 6.54 Å². The van der Waals surface area contributed by atoms with Crippen molar-refractivity contribution in [1.29, 1.82) is 0 Å². The van der Waals surface area contributed by atoms with Crippen molar-refractivity contribution >= 4 is 6.34 Å². The molecular formula is C3H9N4+. The fraction of sp³-hybridized carbons (Fsp3) is 0.667. The number of hydrogen-bond donors (Lipinski definition) is 2. The van der Waals surface area contributed by atoms with Crippen molar-refractivity contribution in [1.82, 2.24) is 0 Å². The van der Waals surface area contributed by atoms with Gasteiger partial charge < -0.3 is 0 Å². The molecule has 1 aliphatic rings. The van der Waals surface area contributed by atoms with Crippen LogP contribution in [0.15, 0.2) is 4.99 Å². The van der Waals surface area contributed by atoms with E-state index >= 15 is 0 Å². The summed E-state index contributed by atoms with van der Waals surface area (Å²) in [5.41, 5.74) is 0. The molecule has 0 aromatic rings. The van der Waals surface area contributed by atoms with E-state index in [0.29, 0.717) is 0 Å². The van der Waals surface area contributed by atoms with Gasteiger partial charge in [-0.25, -0.2) is 4.99 Å². The van der Waals surface area contributed by atoms with Crippen LogP contribution in [-0.4, -0.2) is 24.1 Å². The number of hydrogen-bond acceptors (Lipinski definition) is 3. The van der Waals surface area contributed by atoms with Gasteiger partial charge in [0.05, 0.1) is 6.54 Å². The molecule has 0 fully saturated rings. The highest BCUT2D eigenvalue weighted by Crippen LogP contribution is 1.89. The smallest absolute Gasteiger partial charge is 0.224 e. The van der Waals surface area contributed by atoms with Crippen LogP contribution in [0.2, 0.25) is 0 Å². The third-order valence-electron chi connectivity index (χ3n) is 0.913. The summed E-state index contributed by atoms with van der Waals surface area (Å²) in [6, 6.07) is 0. The Morgan fingerprint density at radius 2 is 2.29 bits per heavy atom. The maximum atomic E-state index is 5.34. The first-order valence-electron chi connectivity index (χ1n) is 2.17. The summed E-state index contributed by atoms with van der Waals surface area (Å²) in [7, 11) is 0. The van der Waals surface area contributed by atoms with E-state index in [-0.39, 0.29) is 4.70 Å². The van der Waals surface area contributed by atoms with Gasteiger partial charge in [-0.2, -0.15) is 11.7 Å². The Hall–Kier alpha value is -0.450. The standard InChI is InChI=1S/C3H9N4/c4-7(5)2-1-6-3-7/h3H,1-2,4-5H2/q+1. The minimum absolute atomic E-state index is 0.0417. The molecule has 0 unspecified atom stereocenters. The fourth-order valence-electron chi connectivity index (χ4n) is 0.498. The first kappa shape index (κ1) is 4.70. The number of aliphatic imine (C=N–C) groups is 1. The molecule has 0 atom stereocenters. The van der Waals surface area contributed by atoms with Crippen molar-refractivity contribution in [3.63, 3.8) is 0 Å². The fourth-order valence-corrected chi connectivity index (χ4v) is 0.498. The second-order valence-electron chi connectivity index (χ2n) is 1.74. The summed E-state index contributed by atoms with van der Waals surface area (Å²) in [6.45, 7) is 1.48. The summed E-state index contributed by atoms with van der Waals surface area (Å²) in [6.07, 6.45) is 1.54. The lowest BCUT2D eigenvalue weighted by Gasteiger charge is -2.12. The molecule has 40 valence electrons. The summed E-state index contributed by atoms with van der Waals surface area (Å²) in [5.74, 6) is 10.7. The average molecular weight is 101 g/mol. The normalized spacial score (nSPS) is 26.0. The van der Waals surface area contributed by atoms with Crippen LogP contribution in [0, 0.1) is 0 Å². The van der Waals surface area contributed by atoms with Crippen molar-refractivity contribution in [2.45, 2.75) is 0 Å². The minimum atomic E-state index is -0.0417. The molecule has 0 aliphatic carbocycles. The average Bonchev–Trinajstić information content (AvgIpc) is 1.84. The molecule has 7 heavy (non-hydrogen) atoms. The van der Waals surface area contributed by atoms with Gasteiger partial charge in [0.25, 0.3) is 0 Å². The molecule has 0 spiro atoms. The highest BCUT2D eigenvalue weighted by molar-refractivity contribution is 5.46. The third kappa shape index (κ3) is 0.957. The Morgan fingerprint density at radius 1 is 1.57 bits per heavy atom. The summed E-state index contributed by atoms with van der Waals surface area (Å²) in [4.78, 5) is 3.83. The van der Waals surface area contributed by atoms with E-state index in [4.69, 9.17) is 11.7 Å². The molecule has 0 saturated heterocycles. The summed E-state index contributed by atoms with van der Waals surface area (Å²) < 4.78 is -0.0417. The maximum Gasteiger partial charge on any atom is 0.224 e. The predicted octanol–water partition coefficient (Wildman–Crippen LogP) is -1.41. The van der Waals surface area contributed by atoms with Gasteiger partial charge in [-0.3, -0.25) is 0 Å². The molecule has 0 saturated carbocycles. The van der Waals surface area contributed by atoms with Crippen molar-refractivity contribution < 1.29 is 4.70 Å². The summed E-state index contributed by atoms with van der Waals surface area (Å²) >= 11 is 0. The van der Waals surface area contributed by atoms with Gasteiger partial charge in [-0.05, 0) is 0 Å². The lowest BCUT2D eigenvalue weighted by molar-refractivity contribution is -0.852. The van der Waals surface area contributed by atoms with E-state index in [1.807, 2.05) is 0 Å². The number of nitrogens with zero attached hydrogens (tertiary/aromatic N) is 2. The van der Waals surface area contributed by atoms with E-state index in [1.54, 1.807) is 6.34 Å². The molecule has 0 radical (unpaired) electrons. The molecule has 0 aromatic carbocycles. The van der Waals surface area contributed by atoms with Crippen molar-refractivity contribution in [2.75, 3.05) is 13.1 Å². The molecule has 4 heteroatoms. The van der Waals surface area contributed by atoms with Gasteiger partial charge in [-0.1, -0.05) is 0 Å². The topological polar surface area (TPSA) is 64.4 Å². The van der Waals surface area contributed by atoms with Gasteiger partial charge >= 0.3 is 0 Å². The van der Waals surface area contributed by atoms with Crippen LogP contribution >= 0.6 is 0 Å². The number of rotatable bonds is 0. The second-order valence-corrected chi connectivity index (χ2v) is 1.74. The molecule has 0 bridgehead atoms. The first-order chi connectivity index (χ1) is 3.21. The van der Waals surface area contributed by atoms with Gasteiger partial charge in [0.15, 0.2) is 0 Å². The van der Waals surface area contributed by atoms with Crippen LogP contribution in [0.5, 0.6) is 0 Å². The monoisotopic (exact) mass is 101 g/mol. The maximum absolute atomic E-state index is 5.34. The molecule has 1 rings (SSSR count). The van der Waals surface area contributed by atoms with E-state index < -0.39 is 0 Å². The van der Waals surface area contributed by atoms with E-state index in [1.165, 1.54) is 0 Å². The predicted molar refractivity (Wildman–Crippen MR) is 26.9 cm³/mol. The molecule has 4 nitrogen and oxygen atoms in total. The molecule has 0 amide bonds. The zero-order valence-electron chi connectivity index (χ0n) is 4.04. The van der Waals surface area contributed by atoms with Crippen LogP contribution in [-0.2, 0) is 0 Å². The van der Waals surface area contributed by atoms with E-state index in [9.17, 15) is 0 Å². The molecular weight excluding hydrogens is 92.1 g/mol. The summed E-state index contributed by atoms with van der Waals surface area (Å²) in [5, 5.41) is 0. The molecule has 4 N–H and O–H groups in total. The lowest BCUT2D eigenvalue weighted by atomic mass is 10.7. The van der Waals surface area contributed by atoms with Crippen molar-refractivity contribution in [3.05, 3.63) is 0 Å². The molecule has 1 heterocycles. The lowest BCUT2D eigenvalue weighted by Crippen LogP contribution is -2.57. The molecule has 0 aromatic heterocycles. The third-order valence-corrected chi connectivity index (χ3v) is 0.913. The zero-order valence-corrected chi connectivity index (χ0v) is 4.04. The quantitative estimate of drug-likeness (QED) is 0.291. The molecule has 1 aliphatic heterocycles. The first-order valence-corrected chi connectivity index (χ1v) is 2.17. The highest BCUT2D eigenvalue weighted by atomic mass is 15.8. The Kier molecular flexibility index (Phi) is 0.846. The van der Waals surface area contributed by atoms with Crippen LogP contribution in [0.4, 0.5) is 0 Å². The second kappa shape index (κ2) is 1.26. The number of nitrogens with two attached hydrogens (primary N) is 2. The Balaban J connectivity index is 2.57. The Labute approximate surface area is 41.9 Å².